The number of nitriles is 1. The van der Waals surface area contributed by atoms with Crippen molar-refractivity contribution in [3.8, 4) is 17.2 Å². The molecule has 4 heterocycles. The van der Waals surface area contributed by atoms with E-state index in [2.05, 4.69) is 20.4 Å². The fourth-order valence-corrected chi connectivity index (χ4v) is 3.33. The van der Waals surface area contributed by atoms with Crippen molar-refractivity contribution in [2.75, 3.05) is 18.5 Å². The molecule has 0 aromatic carbocycles. The highest BCUT2D eigenvalue weighted by atomic mass is 16.2. The smallest absolute Gasteiger partial charge is 0.269 e. The first kappa shape index (κ1) is 20.7. The van der Waals surface area contributed by atoms with Crippen LogP contribution in [0.5, 0.6) is 0 Å². The number of carbonyl (C=O) groups excluding carboxylic acids is 2. The molecule has 0 spiro atoms. The fourth-order valence-electron chi connectivity index (χ4n) is 3.33. The molecule has 2 amide bonds. The van der Waals surface area contributed by atoms with Crippen LogP contribution in [0.2, 0.25) is 0 Å². The monoisotopic (exact) mass is 425 g/mol. The molecule has 4 aromatic rings. The van der Waals surface area contributed by atoms with E-state index in [1.54, 1.807) is 71.5 Å². The van der Waals surface area contributed by atoms with Crippen LogP contribution >= 0.6 is 0 Å². The lowest BCUT2D eigenvalue weighted by atomic mass is 10.1. The summed E-state index contributed by atoms with van der Waals surface area (Å²) in [6, 6.07) is 12.2. The number of carbonyl (C=O) groups is 2. The van der Waals surface area contributed by atoms with Gasteiger partial charge in [-0.25, -0.2) is 9.50 Å². The molecule has 158 valence electrons. The van der Waals surface area contributed by atoms with Crippen molar-refractivity contribution >= 4 is 23.1 Å². The Morgan fingerprint density at radius 3 is 2.59 bits per heavy atom. The molecule has 4 rings (SSSR count). The summed E-state index contributed by atoms with van der Waals surface area (Å²) in [4.78, 5) is 35.0. The minimum atomic E-state index is -0.264. The molecule has 0 fully saturated rings. The first-order chi connectivity index (χ1) is 15.5. The molecule has 0 bridgehead atoms. The van der Waals surface area contributed by atoms with E-state index in [1.807, 2.05) is 13.0 Å². The number of anilines is 1. The van der Waals surface area contributed by atoms with Gasteiger partial charge >= 0.3 is 0 Å². The van der Waals surface area contributed by atoms with Crippen molar-refractivity contribution in [1.82, 2.24) is 24.9 Å². The van der Waals surface area contributed by atoms with Crippen LogP contribution in [-0.2, 0) is 0 Å². The predicted molar refractivity (Wildman–Crippen MR) is 118 cm³/mol. The number of fused-ring (bicyclic) bond motifs is 1. The van der Waals surface area contributed by atoms with Crippen molar-refractivity contribution < 1.29 is 9.59 Å². The third-order valence-corrected chi connectivity index (χ3v) is 5.02. The van der Waals surface area contributed by atoms with Gasteiger partial charge in [-0.15, -0.1) is 0 Å². The average molecular weight is 425 g/mol. The maximum absolute atomic E-state index is 13.2. The minimum Gasteiger partial charge on any atom is -0.354 e. The molecule has 0 saturated carbocycles. The predicted octanol–water partition coefficient (Wildman–Crippen LogP) is 2.69. The normalized spacial score (nSPS) is 10.5. The third-order valence-electron chi connectivity index (χ3n) is 5.02. The minimum absolute atomic E-state index is 0.215. The molecular formula is C23H19N7O2. The first-order valence-corrected chi connectivity index (χ1v) is 9.89. The van der Waals surface area contributed by atoms with E-state index in [0.29, 0.717) is 29.2 Å². The van der Waals surface area contributed by atoms with Gasteiger partial charge in [0.05, 0.1) is 17.3 Å². The molecule has 0 saturated heterocycles. The first-order valence-electron chi connectivity index (χ1n) is 9.89. The number of nitrogens with zero attached hydrogens (tertiary/aromatic N) is 6. The molecule has 0 atom stereocenters. The molecule has 0 aliphatic heterocycles. The summed E-state index contributed by atoms with van der Waals surface area (Å²) in [5.74, 6) is -0.00749. The Morgan fingerprint density at radius 1 is 1.12 bits per heavy atom. The van der Waals surface area contributed by atoms with Gasteiger partial charge in [0.1, 0.15) is 17.6 Å². The van der Waals surface area contributed by atoms with E-state index >= 15 is 0 Å². The number of aromatic nitrogens is 4. The van der Waals surface area contributed by atoms with E-state index in [0.717, 1.165) is 16.6 Å². The molecule has 1 N–H and O–H groups in total. The van der Waals surface area contributed by atoms with Crippen LogP contribution in [0.25, 0.3) is 16.6 Å². The standard InChI is InChI=1S/C23H19N7O2/c1-3-29(21-7-4-15(11-24)12-27-21)23(32)16-8-9-30-20(10-16)18(14-28-30)17-5-6-19(26-13-17)22(31)25-2/h4-10,12-14H,3H2,1-2H3,(H,25,31). The summed E-state index contributed by atoms with van der Waals surface area (Å²) >= 11 is 0. The van der Waals surface area contributed by atoms with Gasteiger partial charge in [-0.3, -0.25) is 19.5 Å². The van der Waals surface area contributed by atoms with Crippen LogP contribution in [0.4, 0.5) is 5.82 Å². The Balaban J connectivity index is 1.69. The Labute approximate surface area is 184 Å². The molecule has 0 radical (unpaired) electrons. The van der Waals surface area contributed by atoms with Crippen molar-refractivity contribution in [3.63, 3.8) is 0 Å². The molecule has 0 aliphatic rings. The quantitative estimate of drug-likeness (QED) is 0.525. The Hall–Kier alpha value is -4.58. The van der Waals surface area contributed by atoms with Crippen LogP contribution in [-0.4, -0.2) is 45.0 Å². The maximum Gasteiger partial charge on any atom is 0.269 e. The van der Waals surface area contributed by atoms with Crippen molar-refractivity contribution in [3.05, 3.63) is 78.0 Å². The van der Waals surface area contributed by atoms with Crippen molar-refractivity contribution in [2.24, 2.45) is 0 Å². The average Bonchev–Trinajstić information content (AvgIpc) is 3.27. The number of nitrogens with one attached hydrogen (secondary N) is 1. The van der Waals surface area contributed by atoms with Crippen LogP contribution in [0.15, 0.2) is 61.2 Å². The molecule has 9 heteroatoms. The zero-order chi connectivity index (χ0) is 22.7. The topological polar surface area (TPSA) is 116 Å². The lowest BCUT2D eigenvalue weighted by molar-refractivity contribution is 0.0956. The molecular weight excluding hydrogens is 406 g/mol. The van der Waals surface area contributed by atoms with E-state index in [1.165, 1.54) is 6.20 Å². The molecule has 0 unspecified atom stereocenters. The van der Waals surface area contributed by atoms with E-state index in [9.17, 15) is 9.59 Å². The van der Waals surface area contributed by atoms with E-state index in [4.69, 9.17) is 5.26 Å². The molecule has 0 aliphatic carbocycles. The van der Waals surface area contributed by atoms with Crippen LogP contribution in [0.3, 0.4) is 0 Å². The SMILES string of the molecule is CCN(C(=O)c1ccn2ncc(-c3ccc(C(=O)NC)nc3)c2c1)c1ccc(C#N)cn1. The maximum atomic E-state index is 13.2. The van der Waals surface area contributed by atoms with Gasteiger partial charge < -0.3 is 5.32 Å². The van der Waals surface area contributed by atoms with Crippen LogP contribution in [0.1, 0.15) is 33.3 Å². The highest BCUT2D eigenvalue weighted by Gasteiger charge is 2.19. The second-order valence-corrected chi connectivity index (χ2v) is 6.88. The zero-order valence-electron chi connectivity index (χ0n) is 17.5. The van der Waals surface area contributed by atoms with Gasteiger partial charge in [-0.1, -0.05) is 6.07 Å². The van der Waals surface area contributed by atoms with Crippen molar-refractivity contribution in [2.45, 2.75) is 6.92 Å². The largest absolute Gasteiger partial charge is 0.354 e. The zero-order valence-corrected chi connectivity index (χ0v) is 17.5. The third kappa shape index (κ3) is 3.77. The van der Waals surface area contributed by atoms with Crippen LogP contribution < -0.4 is 10.2 Å². The van der Waals surface area contributed by atoms with E-state index in [-0.39, 0.29) is 11.8 Å². The second kappa shape index (κ2) is 8.65. The Kier molecular flexibility index (Phi) is 5.59. The Bertz CT molecular complexity index is 1340. The van der Waals surface area contributed by atoms with E-state index < -0.39 is 0 Å². The number of pyridine rings is 3. The number of amides is 2. The van der Waals surface area contributed by atoms with Gasteiger partial charge in [-0.2, -0.15) is 10.4 Å². The summed E-state index contributed by atoms with van der Waals surface area (Å²) in [5.41, 5.74) is 3.51. The van der Waals surface area contributed by atoms with Crippen molar-refractivity contribution in [1.29, 1.82) is 5.26 Å². The lowest BCUT2D eigenvalue weighted by Gasteiger charge is -2.20. The molecule has 32 heavy (non-hydrogen) atoms. The van der Waals surface area contributed by atoms with Gasteiger partial charge in [-0.05, 0) is 37.3 Å². The second-order valence-electron chi connectivity index (χ2n) is 6.88. The van der Waals surface area contributed by atoms with Crippen LogP contribution in [0, 0.1) is 11.3 Å². The fraction of sp³-hybridized carbons (Fsp3) is 0.130. The highest BCUT2D eigenvalue weighted by Crippen LogP contribution is 2.25. The molecule has 4 aromatic heterocycles. The van der Waals surface area contributed by atoms with Gasteiger partial charge in [0.25, 0.3) is 11.8 Å². The van der Waals surface area contributed by atoms with Gasteiger partial charge in [0, 0.05) is 48.9 Å². The van der Waals surface area contributed by atoms with Gasteiger partial charge in [0.2, 0.25) is 0 Å². The highest BCUT2D eigenvalue weighted by molar-refractivity contribution is 6.06. The summed E-state index contributed by atoms with van der Waals surface area (Å²) in [6.45, 7) is 2.28. The number of hydrogen-bond donors (Lipinski definition) is 1. The summed E-state index contributed by atoms with van der Waals surface area (Å²) in [7, 11) is 1.55. The van der Waals surface area contributed by atoms with Gasteiger partial charge in [0.15, 0.2) is 0 Å². The summed E-state index contributed by atoms with van der Waals surface area (Å²) in [5, 5.41) is 15.9. The summed E-state index contributed by atoms with van der Waals surface area (Å²) in [6.07, 6.45) is 6.46. The summed E-state index contributed by atoms with van der Waals surface area (Å²) < 4.78 is 1.68. The lowest BCUT2D eigenvalue weighted by Crippen LogP contribution is -2.31. The molecule has 9 nitrogen and oxygen atoms in total. The number of rotatable bonds is 5. The Morgan fingerprint density at radius 2 is 1.97 bits per heavy atom. The number of hydrogen-bond acceptors (Lipinski definition) is 6.